The number of carbonyl (C=O) groups excluding carboxylic acids is 2. The lowest BCUT2D eigenvalue weighted by molar-refractivity contribution is -0.130. The highest BCUT2D eigenvalue weighted by atomic mass is 32.2. The van der Waals surface area contributed by atoms with E-state index in [1.807, 2.05) is 43.9 Å². The van der Waals surface area contributed by atoms with E-state index in [9.17, 15) is 9.59 Å². The van der Waals surface area contributed by atoms with Gasteiger partial charge in [-0.15, -0.1) is 11.8 Å². The SMILES string of the molecule is CC[C@H]1S[C@@H](c2ccc(OC)c(OC)c2)N(CCN(C)C(=O)NC(C)C)C1=O. The molecule has 1 saturated heterocycles. The van der Waals surface area contributed by atoms with E-state index in [0.717, 1.165) is 12.0 Å². The van der Waals surface area contributed by atoms with Crippen molar-refractivity contribution in [3.63, 3.8) is 0 Å². The van der Waals surface area contributed by atoms with Crippen LogP contribution in [0.3, 0.4) is 0 Å². The lowest BCUT2D eigenvalue weighted by Gasteiger charge is -2.27. The maximum absolute atomic E-state index is 12.9. The van der Waals surface area contributed by atoms with Gasteiger partial charge in [0.25, 0.3) is 0 Å². The molecule has 0 unspecified atom stereocenters. The van der Waals surface area contributed by atoms with Crippen LogP contribution in [0.5, 0.6) is 11.5 Å². The molecule has 7 nitrogen and oxygen atoms in total. The maximum Gasteiger partial charge on any atom is 0.317 e. The monoisotopic (exact) mass is 409 g/mol. The summed E-state index contributed by atoms with van der Waals surface area (Å²) < 4.78 is 10.7. The third-order valence-corrected chi connectivity index (χ3v) is 6.28. The average molecular weight is 410 g/mol. The number of methoxy groups -OCH3 is 2. The number of hydrogen-bond acceptors (Lipinski definition) is 5. The molecule has 1 N–H and O–H groups in total. The molecule has 0 aliphatic carbocycles. The van der Waals surface area contributed by atoms with Crippen LogP contribution in [0, 0.1) is 0 Å². The Hall–Kier alpha value is -2.09. The Bertz CT molecular complexity index is 698. The second-order valence-corrected chi connectivity index (χ2v) is 8.34. The third kappa shape index (κ3) is 5.04. The fourth-order valence-corrected chi connectivity index (χ4v) is 4.48. The van der Waals surface area contributed by atoms with Gasteiger partial charge in [-0.1, -0.05) is 13.0 Å². The molecule has 0 saturated carbocycles. The molecule has 2 rings (SSSR count). The van der Waals surface area contributed by atoms with Gasteiger partial charge in [-0.05, 0) is 38.0 Å². The lowest BCUT2D eigenvalue weighted by atomic mass is 10.1. The summed E-state index contributed by atoms with van der Waals surface area (Å²) in [5.74, 6) is 1.41. The zero-order valence-corrected chi connectivity index (χ0v) is 18.3. The van der Waals surface area contributed by atoms with E-state index in [2.05, 4.69) is 5.32 Å². The molecule has 1 aliphatic rings. The zero-order chi connectivity index (χ0) is 20.8. The number of rotatable bonds is 8. The molecule has 0 bridgehead atoms. The Labute approximate surface area is 171 Å². The molecule has 0 radical (unpaired) electrons. The van der Waals surface area contributed by atoms with Gasteiger partial charge in [-0.3, -0.25) is 4.79 Å². The molecule has 3 amide bonds. The predicted octanol–water partition coefficient (Wildman–Crippen LogP) is 3.11. The van der Waals surface area contributed by atoms with Crippen molar-refractivity contribution in [3.8, 4) is 11.5 Å². The summed E-state index contributed by atoms with van der Waals surface area (Å²) in [7, 11) is 4.94. The van der Waals surface area contributed by atoms with Crippen molar-refractivity contribution >= 4 is 23.7 Å². The first-order chi connectivity index (χ1) is 13.3. The van der Waals surface area contributed by atoms with Gasteiger partial charge in [0, 0.05) is 26.2 Å². The first-order valence-corrected chi connectivity index (χ1v) is 10.5. The summed E-state index contributed by atoms with van der Waals surface area (Å²) in [5.41, 5.74) is 0.987. The highest BCUT2D eigenvalue weighted by Crippen LogP contribution is 2.45. The van der Waals surface area contributed by atoms with E-state index in [4.69, 9.17) is 9.47 Å². The van der Waals surface area contributed by atoms with Crippen LogP contribution in [0.1, 0.15) is 38.1 Å². The van der Waals surface area contributed by atoms with Crippen molar-refractivity contribution < 1.29 is 19.1 Å². The number of urea groups is 1. The first-order valence-electron chi connectivity index (χ1n) is 9.51. The Balaban J connectivity index is 2.18. The van der Waals surface area contributed by atoms with Crippen LogP contribution in [0.2, 0.25) is 0 Å². The summed E-state index contributed by atoms with van der Waals surface area (Å²) in [5, 5.41) is 2.68. The van der Waals surface area contributed by atoms with Crippen LogP contribution in [-0.4, -0.2) is 67.4 Å². The molecule has 8 heteroatoms. The van der Waals surface area contributed by atoms with Gasteiger partial charge in [0.1, 0.15) is 5.37 Å². The molecule has 0 spiro atoms. The van der Waals surface area contributed by atoms with E-state index in [1.165, 1.54) is 0 Å². The number of ether oxygens (including phenoxy) is 2. The van der Waals surface area contributed by atoms with Crippen molar-refractivity contribution in [2.45, 2.75) is 43.9 Å². The van der Waals surface area contributed by atoms with Gasteiger partial charge in [0.15, 0.2) is 11.5 Å². The summed E-state index contributed by atoms with van der Waals surface area (Å²) in [4.78, 5) is 28.5. The third-order valence-electron chi connectivity index (χ3n) is 4.63. The highest BCUT2D eigenvalue weighted by molar-refractivity contribution is 8.01. The van der Waals surface area contributed by atoms with Crippen LogP contribution in [0.15, 0.2) is 18.2 Å². The summed E-state index contributed by atoms with van der Waals surface area (Å²) in [6, 6.07) is 5.68. The average Bonchev–Trinajstić information content (AvgIpc) is 3.00. The number of nitrogens with zero attached hydrogens (tertiary/aromatic N) is 2. The normalized spacial score (nSPS) is 19.1. The molecule has 2 atom stereocenters. The van der Waals surface area contributed by atoms with Crippen molar-refractivity contribution in [3.05, 3.63) is 23.8 Å². The number of benzene rings is 1. The minimum Gasteiger partial charge on any atom is -0.493 e. The molecule has 1 heterocycles. The smallest absolute Gasteiger partial charge is 0.317 e. The Morgan fingerprint density at radius 1 is 1.29 bits per heavy atom. The molecule has 156 valence electrons. The molecular weight excluding hydrogens is 378 g/mol. The summed E-state index contributed by atoms with van der Waals surface area (Å²) >= 11 is 1.64. The minimum absolute atomic E-state index is 0.0721. The summed E-state index contributed by atoms with van der Waals surface area (Å²) in [6.07, 6.45) is 0.771. The fourth-order valence-electron chi connectivity index (χ4n) is 3.07. The second-order valence-electron chi connectivity index (χ2n) is 7.06. The first kappa shape index (κ1) is 22.2. The Kier molecular flexibility index (Phi) is 7.86. The van der Waals surface area contributed by atoms with E-state index < -0.39 is 0 Å². The van der Waals surface area contributed by atoms with Crippen LogP contribution in [0.4, 0.5) is 4.79 Å². The van der Waals surface area contributed by atoms with E-state index in [1.54, 1.807) is 37.9 Å². The van der Waals surface area contributed by atoms with Crippen LogP contribution >= 0.6 is 11.8 Å². The predicted molar refractivity (Wildman–Crippen MR) is 112 cm³/mol. The van der Waals surface area contributed by atoms with Crippen molar-refractivity contribution in [2.75, 3.05) is 34.4 Å². The Morgan fingerprint density at radius 3 is 2.54 bits per heavy atom. The lowest BCUT2D eigenvalue weighted by Crippen LogP contribution is -2.44. The van der Waals surface area contributed by atoms with Crippen molar-refractivity contribution in [2.24, 2.45) is 0 Å². The maximum atomic E-state index is 12.9. The van der Waals surface area contributed by atoms with Crippen LogP contribution in [-0.2, 0) is 4.79 Å². The quantitative estimate of drug-likeness (QED) is 0.714. The molecule has 28 heavy (non-hydrogen) atoms. The molecule has 1 aromatic carbocycles. The van der Waals surface area contributed by atoms with Gasteiger partial charge >= 0.3 is 6.03 Å². The highest BCUT2D eigenvalue weighted by Gasteiger charge is 2.40. The molecule has 1 aromatic rings. The summed E-state index contributed by atoms with van der Waals surface area (Å²) in [6.45, 7) is 6.80. The molecule has 0 aromatic heterocycles. The topological polar surface area (TPSA) is 71.1 Å². The number of amides is 3. The molecule has 1 aliphatic heterocycles. The number of carbonyl (C=O) groups is 2. The largest absolute Gasteiger partial charge is 0.493 e. The number of thioether (sulfide) groups is 1. The number of hydrogen-bond donors (Lipinski definition) is 1. The van der Waals surface area contributed by atoms with Gasteiger partial charge < -0.3 is 24.6 Å². The molecule has 1 fully saturated rings. The van der Waals surface area contributed by atoms with E-state index in [0.29, 0.717) is 24.6 Å². The van der Waals surface area contributed by atoms with Gasteiger partial charge in [-0.25, -0.2) is 4.79 Å². The number of nitrogens with one attached hydrogen (secondary N) is 1. The van der Waals surface area contributed by atoms with E-state index in [-0.39, 0.29) is 28.6 Å². The van der Waals surface area contributed by atoms with Crippen molar-refractivity contribution in [1.29, 1.82) is 0 Å². The number of likely N-dealkylation sites (N-methyl/N-ethyl adjacent to an activating group) is 1. The van der Waals surface area contributed by atoms with Gasteiger partial charge in [-0.2, -0.15) is 0 Å². The van der Waals surface area contributed by atoms with Crippen molar-refractivity contribution in [1.82, 2.24) is 15.1 Å². The van der Waals surface area contributed by atoms with Gasteiger partial charge in [0.05, 0.1) is 19.5 Å². The standard InChI is InChI=1S/C20H31N3O4S/c1-7-17-18(24)23(11-10-22(4)20(25)21-13(2)3)19(28-17)14-8-9-15(26-5)16(12-14)27-6/h8-9,12-13,17,19H,7,10-11H2,1-6H3,(H,21,25)/t17-,19+/m1/s1. The van der Waals surface area contributed by atoms with Gasteiger partial charge in [0.2, 0.25) is 5.91 Å². The fraction of sp³-hybridized carbons (Fsp3) is 0.600. The minimum atomic E-state index is -0.135. The zero-order valence-electron chi connectivity index (χ0n) is 17.5. The van der Waals surface area contributed by atoms with Crippen LogP contribution in [0.25, 0.3) is 0 Å². The molecular formula is C20H31N3O4S. The van der Waals surface area contributed by atoms with Crippen LogP contribution < -0.4 is 14.8 Å². The van der Waals surface area contributed by atoms with E-state index >= 15 is 0 Å². The second kappa shape index (κ2) is 9.91. The Morgan fingerprint density at radius 2 is 1.96 bits per heavy atom.